The minimum atomic E-state index is -0.0497. The van der Waals surface area contributed by atoms with E-state index in [0.29, 0.717) is 36.2 Å². The summed E-state index contributed by atoms with van der Waals surface area (Å²) in [5.41, 5.74) is 4.09. The van der Waals surface area contributed by atoms with E-state index in [-0.39, 0.29) is 5.56 Å². The predicted octanol–water partition coefficient (Wildman–Crippen LogP) is 4.96. The van der Waals surface area contributed by atoms with Crippen LogP contribution in [0.25, 0.3) is 11.3 Å². The van der Waals surface area contributed by atoms with Crippen molar-refractivity contribution in [2.45, 2.75) is 52.2 Å². The number of nitrogens with one attached hydrogen (secondary N) is 2. The summed E-state index contributed by atoms with van der Waals surface area (Å²) in [4.78, 5) is 29.0. The van der Waals surface area contributed by atoms with Gasteiger partial charge in [0.2, 0.25) is 11.9 Å². The molecule has 0 spiro atoms. The third kappa shape index (κ3) is 5.92. The second-order valence-electron chi connectivity index (χ2n) is 10.0. The van der Waals surface area contributed by atoms with E-state index < -0.39 is 0 Å². The first-order valence-corrected chi connectivity index (χ1v) is 13.3. The maximum Gasteiger partial charge on any atom is 0.255 e. The standard InChI is InChI=1S/C30H35N7O/c1-21(2)33-22(3)24-12-10-23(11-13-24)14-16-31-29-32-17-15-27(35-29)36-18-7-19-37-28(38)20-26(34-30(36)37)25-8-5-4-6-9-25/h4-6,8-13,15,17,20-22,33H,7,14,16,18-19H2,1-3H3,(H,31,32,35)/t22-/m0/s1. The lowest BCUT2D eigenvalue weighted by atomic mass is 10.0. The van der Waals surface area contributed by atoms with Crippen LogP contribution in [0.1, 0.15) is 44.4 Å². The van der Waals surface area contributed by atoms with E-state index in [2.05, 4.69) is 60.7 Å². The molecular weight excluding hydrogens is 474 g/mol. The van der Waals surface area contributed by atoms with Crippen LogP contribution < -0.4 is 21.1 Å². The Hall–Kier alpha value is -4.04. The molecule has 0 unspecified atom stereocenters. The van der Waals surface area contributed by atoms with Crippen molar-refractivity contribution in [3.05, 3.63) is 94.4 Å². The minimum Gasteiger partial charge on any atom is -0.354 e. The van der Waals surface area contributed by atoms with Crippen LogP contribution in [0.2, 0.25) is 0 Å². The van der Waals surface area contributed by atoms with Crippen molar-refractivity contribution in [2.75, 3.05) is 23.3 Å². The fourth-order valence-corrected chi connectivity index (χ4v) is 4.84. The number of aromatic nitrogens is 4. The first kappa shape index (κ1) is 25.6. The molecule has 5 rings (SSSR count). The monoisotopic (exact) mass is 509 g/mol. The minimum absolute atomic E-state index is 0.0497. The van der Waals surface area contributed by atoms with Gasteiger partial charge in [0, 0.05) is 49.5 Å². The zero-order chi connectivity index (χ0) is 26.5. The molecule has 0 aliphatic carbocycles. The van der Waals surface area contributed by atoms with E-state index in [9.17, 15) is 4.79 Å². The fourth-order valence-electron chi connectivity index (χ4n) is 4.84. The first-order valence-electron chi connectivity index (χ1n) is 13.3. The molecule has 196 valence electrons. The molecule has 1 aliphatic rings. The highest BCUT2D eigenvalue weighted by atomic mass is 16.1. The second-order valence-corrected chi connectivity index (χ2v) is 10.0. The Balaban J connectivity index is 1.28. The highest BCUT2D eigenvalue weighted by molar-refractivity contribution is 5.63. The van der Waals surface area contributed by atoms with Gasteiger partial charge >= 0.3 is 0 Å². The van der Waals surface area contributed by atoms with Crippen LogP contribution in [0.3, 0.4) is 0 Å². The Labute approximate surface area is 223 Å². The van der Waals surface area contributed by atoms with E-state index >= 15 is 0 Å². The van der Waals surface area contributed by atoms with Gasteiger partial charge in [-0.15, -0.1) is 0 Å². The molecule has 38 heavy (non-hydrogen) atoms. The number of nitrogens with zero attached hydrogens (tertiary/aromatic N) is 5. The molecule has 2 aromatic heterocycles. The molecule has 0 bridgehead atoms. The molecule has 1 aliphatic heterocycles. The normalized spacial score (nSPS) is 13.8. The molecule has 0 fully saturated rings. The van der Waals surface area contributed by atoms with Crippen LogP contribution >= 0.6 is 0 Å². The largest absolute Gasteiger partial charge is 0.354 e. The van der Waals surface area contributed by atoms with Crippen molar-refractivity contribution < 1.29 is 0 Å². The van der Waals surface area contributed by atoms with Gasteiger partial charge in [0.1, 0.15) is 5.82 Å². The van der Waals surface area contributed by atoms with Crippen LogP contribution in [0.15, 0.2) is 77.7 Å². The summed E-state index contributed by atoms with van der Waals surface area (Å²) in [6.07, 6.45) is 3.46. The SMILES string of the molecule is CC(C)N[C@@H](C)c1ccc(CCNc2nccc(N3CCCn4c3nc(-c3ccccc3)cc4=O)n2)cc1. The summed E-state index contributed by atoms with van der Waals surface area (Å²) < 4.78 is 1.73. The van der Waals surface area contributed by atoms with Gasteiger partial charge in [0.15, 0.2) is 0 Å². The van der Waals surface area contributed by atoms with Crippen molar-refractivity contribution in [2.24, 2.45) is 0 Å². The van der Waals surface area contributed by atoms with Crippen LogP contribution in [0, 0.1) is 0 Å². The van der Waals surface area contributed by atoms with Crippen molar-refractivity contribution in [1.82, 2.24) is 24.8 Å². The highest BCUT2D eigenvalue weighted by Crippen LogP contribution is 2.27. The van der Waals surface area contributed by atoms with Crippen LogP contribution in [0.5, 0.6) is 0 Å². The number of fused-ring (bicyclic) bond motifs is 1. The Kier molecular flexibility index (Phi) is 7.79. The fraction of sp³-hybridized carbons (Fsp3) is 0.333. The van der Waals surface area contributed by atoms with Crippen LogP contribution in [-0.2, 0) is 13.0 Å². The van der Waals surface area contributed by atoms with Crippen molar-refractivity contribution in [1.29, 1.82) is 0 Å². The quantitative estimate of drug-likeness (QED) is 0.330. The Morgan fingerprint density at radius 3 is 2.50 bits per heavy atom. The molecule has 1 atom stereocenters. The number of benzene rings is 2. The zero-order valence-corrected chi connectivity index (χ0v) is 22.3. The lowest BCUT2D eigenvalue weighted by molar-refractivity contribution is 0.506. The van der Waals surface area contributed by atoms with Gasteiger partial charge in [0.05, 0.1) is 5.69 Å². The van der Waals surface area contributed by atoms with Gasteiger partial charge in [-0.05, 0) is 37.0 Å². The lowest BCUT2D eigenvalue weighted by Crippen LogP contribution is -2.36. The summed E-state index contributed by atoms with van der Waals surface area (Å²) in [7, 11) is 0. The third-order valence-electron chi connectivity index (χ3n) is 6.74. The molecule has 3 heterocycles. The lowest BCUT2D eigenvalue weighted by Gasteiger charge is -2.30. The maximum atomic E-state index is 12.9. The summed E-state index contributed by atoms with van der Waals surface area (Å²) in [5.74, 6) is 1.91. The molecule has 0 saturated carbocycles. The van der Waals surface area contributed by atoms with Crippen molar-refractivity contribution in [3.63, 3.8) is 0 Å². The number of anilines is 3. The summed E-state index contributed by atoms with van der Waals surface area (Å²) in [5, 5.41) is 6.90. The molecular formula is C30H35N7O. The topological polar surface area (TPSA) is 88.0 Å². The first-order chi connectivity index (χ1) is 18.5. The predicted molar refractivity (Wildman–Crippen MR) is 153 cm³/mol. The number of hydrogen-bond acceptors (Lipinski definition) is 7. The average Bonchev–Trinajstić information content (AvgIpc) is 2.93. The van der Waals surface area contributed by atoms with Gasteiger partial charge in [-0.1, -0.05) is 68.4 Å². The maximum absolute atomic E-state index is 12.9. The summed E-state index contributed by atoms with van der Waals surface area (Å²) in [6.45, 7) is 8.61. The molecule has 8 heteroatoms. The van der Waals surface area contributed by atoms with E-state index in [1.807, 2.05) is 41.3 Å². The Morgan fingerprint density at radius 2 is 1.74 bits per heavy atom. The average molecular weight is 510 g/mol. The molecule has 2 N–H and O–H groups in total. The summed E-state index contributed by atoms with van der Waals surface area (Å²) >= 11 is 0. The molecule has 8 nitrogen and oxygen atoms in total. The highest BCUT2D eigenvalue weighted by Gasteiger charge is 2.23. The smallest absolute Gasteiger partial charge is 0.255 e. The second kappa shape index (κ2) is 11.6. The number of rotatable bonds is 9. The third-order valence-corrected chi connectivity index (χ3v) is 6.74. The Morgan fingerprint density at radius 1 is 0.947 bits per heavy atom. The summed E-state index contributed by atoms with van der Waals surface area (Å²) in [6, 6.07) is 22.8. The van der Waals surface area contributed by atoms with Gasteiger partial charge in [-0.25, -0.2) is 9.97 Å². The van der Waals surface area contributed by atoms with Crippen molar-refractivity contribution >= 4 is 17.7 Å². The molecule has 0 saturated heterocycles. The Bertz CT molecular complexity index is 1420. The van der Waals surface area contributed by atoms with Crippen LogP contribution in [-0.4, -0.2) is 38.7 Å². The van der Waals surface area contributed by atoms with E-state index in [0.717, 1.165) is 37.3 Å². The molecule has 2 aromatic carbocycles. The van der Waals surface area contributed by atoms with E-state index in [4.69, 9.17) is 9.97 Å². The van der Waals surface area contributed by atoms with Gasteiger partial charge in [-0.3, -0.25) is 14.3 Å². The molecule has 0 radical (unpaired) electrons. The van der Waals surface area contributed by atoms with Gasteiger partial charge in [-0.2, -0.15) is 4.98 Å². The zero-order valence-electron chi connectivity index (χ0n) is 22.3. The van der Waals surface area contributed by atoms with Crippen LogP contribution in [0.4, 0.5) is 17.7 Å². The molecule has 4 aromatic rings. The van der Waals surface area contributed by atoms with Gasteiger partial charge in [0.25, 0.3) is 5.56 Å². The molecule has 0 amide bonds. The van der Waals surface area contributed by atoms with Gasteiger partial charge < -0.3 is 10.6 Å². The van der Waals surface area contributed by atoms with E-state index in [1.165, 1.54) is 11.1 Å². The van der Waals surface area contributed by atoms with Crippen molar-refractivity contribution in [3.8, 4) is 11.3 Å². The van der Waals surface area contributed by atoms with E-state index in [1.54, 1.807) is 16.8 Å². The number of hydrogen-bond donors (Lipinski definition) is 2.